The maximum atomic E-state index is 4.67. The van der Waals surface area contributed by atoms with Crippen molar-refractivity contribution in [2.45, 2.75) is 0 Å². The normalized spacial score (nSPS) is 3.50. The zero-order valence-corrected chi connectivity index (χ0v) is 2.23. The fourth-order valence-electron chi connectivity index (χ4n) is 0. The molecule has 0 aromatic heterocycles. The minimum atomic E-state index is 1.15. The van der Waals surface area contributed by atoms with E-state index in [9.17, 15) is 0 Å². The molecular formula is C4H3+. The molecule has 0 aliphatic carbocycles. The van der Waals surface area contributed by atoms with Gasteiger partial charge in [0, 0.05) is 6.42 Å². The van der Waals surface area contributed by atoms with Gasteiger partial charge in [-0.3, -0.25) is 0 Å². The van der Waals surface area contributed by atoms with E-state index in [4.69, 9.17) is 0 Å². The second kappa shape index (κ2) is 2.21. The zero-order valence-electron chi connectivity index (χ0n) is 2.23. The second-order valence-corrected chi connectivity index (χ2v) is 0.333. The SMILES string of the molecule is C#CC=[CH+]. The summed E-state index contributed by atoms with van der Waals surface area (Å²) in [5.41, 5.74) is 0. The molecule has 4 heavy (non-hydrogen) atoms. The van der Waals surface area contributed by atoms with Crippen molar-refractivity contribution in [3.63, 3.8) is 0 Å². The van der Waals surface area contributed by atoms with Gasteiger partial charge in [0.25, 0.3) is 0 Å². The molecule has 0 rings (SSSR count). The summed E-state index contributed by atoms with van der Waals surface area (Å²) in [5.74, 6) is 2.08. The largest absolute Gasteiger partial charge is 0.221 e. The van der Waals surface area contributed by atoms with Gasteiger partial charge in [0.1, 0.15) is 0 Å². The highest BCUT2D eigenvalue weighted by Gasteiger charge is 1.48. The van der Waals surface area contributed by atoms with E-state index in [0.717, 1.165) is 6.08 Å². The maximum absolute atomic E-state index is 4.67. The third kappa shape index (κ3) is 1.21. The Hall–Kier alpha value is -0.790. The van der Waals surface area contributed by atoms with Crippen molar-refractivity contribution in [3.05, 3.63) is 12.7 Å². The van der Waals surface area contributed by atoms with Crippen LogP contribution in [0.3, 0.4) is 0 Å². The van der Waals surface area contributed by atoms with Gasteiger partial charge in [0.2, 0.25) is 6.08 Å². The highest BCUT2D eigenvalue weighted by atomic mass is 13.3. The van der Waals surface area contributed by atoms with Crippen LogP contribution in [0.4, 0.5) is 0 Å². The van der Waals surface area contributed by atoms with Crippen molar-refractivity contribution in [1.29, 1.82) is 0 Å². The molecule has 0 saturated carbocycles. The number of hydrogen-bond donors (Lipinski definition) is 0. The van der Waals surface area contributed by atoms with Gasteiger partial charge in [0.05, 0.1) is 6.58 Å². The van der Waals surface area contributed by atoms with Crippen molar-refractivity contribution >= 4 is 0 Å². The number of terminal acetylenes is 1. The Bertz CT molecular complexity index is 45.5. The van der Waals surface area contributed by atoms with E-state index in [0.29, 0.717) is 0 Å². The quantitative estimate of drug-likeness (QED) is 0.279. The lowest BCUT2D eigenvalue weighted by Crippen LogP contribution is -1.24. The van der Waals surface area contributed by atoms with E-state index in [1.165, 1.54) is 0 Å². The predicted octanol–water partition coefficient (Wildman–Crippen LogP) is 0.609. The van der Waals surface area contributed by atoms with E-state index in [1.807, 2.05) is 0 Å². The molecule has 0 spiro atoms. The molecule has 0 N–H and O–H groups in total. The average Bonchev–Trinajstić information content (AvgIpc) is 1.37. The van der Waals surface area contributed by atoms with Gasteiger partial charge >= 0.3 is 0 Å². The molecule has 0 fully saturated rings. The molecule has 0 aliphatic rings. The Balaban J connectivity index is 2.92. The summed E-state index contributed by atoms with van der Waals surface area (Å²) >= 11 is 0. The molecule has 0 atom stereocenters. The van der Waals surface area contributed by atoms with Gasteiger partial charge in [-0.1, -0.05) is 0 Å². The Kier molecular flexibility index (Phi) is 1.77. The van der Waals surface area contributed by atoms with Gasteiger partial charge in [-0.15, -0.1) is 0 Å². The molecule has 0 amide bonds. The molecule has 0 aliphatic heterocycles. The molecule has 0 radical (unpaired) electrons. The van der Waals surface area contributed by atoms with Crippen molar-refractivity contribution in [2.75, 3.05) is 0 Å². The van der Waals surface area contributed by atoms with Crippen LogP contribution in [0.2, 0.25) is 0 Å². The minimum Gasteiger partial charge on any atom is 0.00713 e. The first kappa shape index (κ1) is 3.21. The summed E-state index contributed by atoms with van der Waals surface area (Å²) in [6.07, 6.45) is 5.75. The monoisotopic (exact) mass is 51.0 g/mol. The number of allylic oxidation sites excluding steroid dienone is 1. The zero-order chi connectivity index (χ0) is 3.41. The third-order valence-electron chi connectivity index (χ3n) is 0.0962. The maximum Gasteiger partial charge on any atom is 0.221 e. The van der Waals surface area contributed by atoms with Crippen LogP contribution in [-0.2, 0) is 0 Å². The van der Waals surface area contributed by atoms with Gasteiger partial charge < -0.3 is 0 Å². The lowest BCUT2D eigenvalue weighted by molar-refractivity contribution is 2.28. The summed E-state index contributed by atoms with van der Waals surface area (Å²) in [6, 6.07) is 0. The van der Waals surface area contributed by atoms with E-state index < -0.39 is 0 Å². The fourth-order valence-corrected chi connectivity index (χ4v) is 0. The van der Waals surface area contributed by atoms with Crippen LogP contribution in [0, 0.1) is 18.9 Å². The molecular weight excluding hydrogens is 48.0 g/mol. The van der Waals surface area contributed by atoms with E-state index in [-0.39, 0.29) is 0 Å². The van der Waals surface area contributed by atoms with Gasteiger partial charge in [-0.2, -0.15) is 0 Å². The van der Waals surface area contributed by atoms with E-state index in [1.54, 1.807) is 0 Å². The Morgan fingerprint density at radius 1 is 2.00 bits per heavy atom. The second-order valence-electron chi connectivity index (χ2n) is 0.333. The van der Waals surface area contributed by atoms with Crippen LogP contribution in [-0.4, -0.2) is 0 Å². The van der Waals surface area contributed by atoms with E-state index in [2.05, 4.69) is 18.9 Å². The van der Waals surface area contributed by atoms with Crippen molar-refractivity contribution in [2.24, 2.45) is 0 Å². The average molecular weight is 51.1 g/mol. The van der Waals surface area contributed by atoms with Crippen LogP contribution in [0.1, 0.15) is 0 Å². The summed E-state index contributed by atoms with van der Waals surface area (Å²) < 4.78 is 0. The van der Waals surface area contributed by atoms with Crippen molar-refractivity contribution in [3.8, 4) is 12.3 Å². The lowest BCUT2D eigenvalue weighted by Gasteiger charge is -1.16. The number of rotatable bonds is 0. The summed E-state index contributed by atoms with van der Waals surface area (Å²) in [4.78, 5) is 0. The summed E-state index contributed by atoms with van der Waals surface area (Å²) in [6.45, 7) is 4.67. The first-order valence-corrected chi connectivity index (χ1v) is 0.911. The third-order valence-corrected chi connectivity index (χ3v) is 0.0962. The molecule has 0 heterocycles. The van der Waals surface area contributed by atoms with Crippen molar-refractivity contribution in [1.82, 2.24) is 0 Å². The topological polar surface area (TPSA) is 0 Å². The molecule has 0 bridgehead atoms. The van der Waals surface area contributed by atoms with Crippen LogP contribution in [0.15, 0.2) is 6.08 Å². The predicted molar refractivity (Wildman–Crippen MR) is 17.7 cm³/mol. The fraction of sp³-hybridized carbons (Fsp3) is 0. The van der Waals surface area contributed by atoms with Crippen LogP contribution < -0.4 is 0 Å². The Labute approximate surface area is 26.1 Å². The molecule has 0 saturated heterocycles. The minimum absolute atomic E-state index is 1.15. The smallest absolute Gasteiger partial charge is 0.00713 e. The molecule has 0 heteroatoms. The van der Waals surface area contributed by atoms with Gasteiger partial charge in [-0.25, -0.2) is 0 Å². The Morgan fingerprint density at radius 3 is 2.25 bits per heavy atom. The van der Waals surface area contributed by atoms with Gasteiger partial charge in [-0.05, 0) is 0 Å². The Morgan fingerprint density at radius 2 is 2.25 bits per heavy atom. The summed E-state index contributed by atoms with van der Waals surface area (Å²) in [5, 5.41) is 0. The summed E-state index contributed by atoms with van der Waals surface area (Å²) in [7, 11) is 0. The van der Waals surface area contributed by atoms with Crippen LogP contribution >= 0.6 is 0 Å². The van der Waals surface area contributed by atoms with Crippen molar-refractivity contribution < 1.29 is 0 Å². The first-order valence-electron chi connectivity index (χ1n) is 0.911. The van der Waals surface area contributed by atoms with Crippen LogP contribution in [0.25, 0.3) is 0 Å². The highest BCUT2D eigenvalue weighted by molar-refractivity contribution is 5.01. The molecule has 0 unspecified atom stereocenters. The number of hydrogen-bond acceptors (Lipinski definition) is 0. The standard InChI is InChI=1S/C4H3/c1-3-4-2/h1-3H/q+1. The first-order chi connectivity index (χ1) is 1.91. The molecule has 18 valence electrons. The van der Waals surface area contributed by atoms with Gasteiger partial charge in [0.15, 0.2) is 5.92 Å². The highest BCUT2D eigenvalue weighted by Crippen LogP contribution is 1.40. The molecule has 0 aromatic carbocycles. The molecule has 0 aromatic rings. The molecule has 0 nitrogen and oxygen atoms in total. The van der Waals surface area contributed by atoms with Crippen LogP contribution in [0.5, 0.6) is 0 Å². The van der Waals surface area contributed by atoms with E-state index >= 15 is 0 Å². The lowest BCUT2D eigenvalue weighted by atomic mass is 10.7.